The minimum absolute atomic E-state index is 0.304. The molecule has 0 spiro atoms. The molecule has 0 aliphatic carbocycles. The Morgan fingerprint density at radius 1 is 1.44 bits per heavy atom. The van der Waals surface area contributed by atoms with Crippen LogP contribution in [0.25, 0.3) is 0 Å². The van der Waals surface area contributed by atoms with Crippen LogP contribution in [0.1, 0.15) is 24.9 Å². The zero-order valence-corrected chi connectivity index (χ0v) is 10.3. The fourth-order valence-electron chi connectivity index (χ4n) is 1.71. The standard InChI is InChI=1S/C11H16N4S/c1-9(7-15-5-3-12-8-15)14-10(2)11-13-4-6-16-11/h3-6,8-10,14H,7H2,1-2H3. The molecule has 2 heterocycles. The summed E-state index contributed by atoms with van der Waals surface area (Å²) in [5.41, 5.74) is 0. The molecule has 4 nitrogen and oxygen atoms in total. The van der Waals surface area contributed by atoms with E-state index in [1.54, 1.807) is 17.5 Å². The van der Waals surface area contributed by atoms with Crippen LogP contribution in [0.4, 0.5) is 0 Å². The molecule has 0 bridgehead atoms. The van der Waals surface area contributed by atoms with E-state index in [1.165, 1.54) is 0 Å². The van der Waals surface area contributed by atoms with Crippen molar-refractivity contribution >= 4 is 11.3 Å². The molecule has 2 aromatic heterocycles. The highest BCUT2D eigenvalue weighted by Gasteiger charge is 2.11. The second-order valence-corrected chi connectivity index (χ2v) is 4.85. The number of hydrogen-bond donors (Lipinski definition) is 1. The normalized spacial score (nSPS) is 14.9. The Labute approximate surface area is 99.4 Å². The second kappa shape index (κ2) is 5.23. The summed E-state index contributed by atoms with van der Waals surface area (Å²) < 4.78 is 2.08. The Kier molecular flexibility index (Phi) is 3.69. The highest BCUT2D eigenvalue weighted by Crippen LogP contribution is 2.15. The molecule has 2 unspecified atom stereocenters. The van der Waals surface area contributed by atoms with Gasteiger partial charge in [-0.1, -0.05) is 0 Å². The van der Waals surface area contributed by atoms with Gasteiger partial charge in [-0.15, -0.1) is 11.3 Å². The van der Waals surface area contributed by atoms with Gasteiger partial charge in [-0.2, -0.15) is 0 Å². The average Bonchev–Trinajstić information content (AvgIpc) is 2.88. The van der Waals surface area contributed by atoms with E-state index in [4.69, 9.17) is 0 Å². The maximum atomic E-state index is 4.30. The van der Waals surface area contributed by atoms with Gasteiger partial charge in [0.25, 0.3) is 0 Å². The summed E-state index contributed by atoms with van der Waals surface area (Å²) in [6, 6.07) is 0.701. The number of hydrogen-bond acceptors (Lipinski definition) is 4. The van der Waals surface area contributed by atoms with Crippen LogP contribution >= 0.6 is 11.3 Å². The molecule has 0 saturated carbocycles. The third kappa shape index (κ3) is 2.90. The summed E-state index contributed by atoms with van der Waals surface area (Å²) in [6.45, 7) is 5.24. The molecular formula is C11H16N4S. The Balaban J connectivity index is 1.85. The highest BCUT2D eigenvalue weighted by molar-refractivity contribution is 7.09. The van der Waals surface area contributed by atoms with Gasteiger partial charge in [-0.25, -0.2) is 9.97 Å². The quantitative estimate of drug-likeness (QED) is 0.864. The lowest BCUT2D eigenvalue weighted by atomic mass is 10.2. The van der Waals surface area contributed by atoms with Crippen molar-refractivity contribution in [3.8, 4) is 0 Å². The number of nitrogens with zero attached hydrogens (tertiary/aromatic N) is 3. The van der Waals surface area contributed by atoms with Gasteiger partial charge in [-0.3, -0.25) is 0 Å². The number of nitrogens with one attached hydrogen (secondary N) is 1. The molecule has 16 heavy (non-hydrogen) atoms. The zero-order chi connectivity index (χ0) is 11.4. The predicted octanol–water partition coefficient (Wildman–Crippen LogP) is 2.08. The average molecular weight is 236 g/mol. The molecule has 2 aromatic rings. The Morgan fingerprint density at radius 2 is 2.31 bits per heavy atom. The molecule has 0 fully saturated rings. The first-order valence-corrected chi connectivity index (χ1v) is 6.25. The first-order valence-electron chi connectivity index (χ1n) is 5.37. The van der Waals surface area contributed by atoms with Crippen molar-refractivity contribution in [3.05, 3.63) is 35.3 Å². The van der Waals surface area contributed by atoms with Crippen molar-refractivity contribution in [3.63, 3.8) is 0 Å². The van der Waals surface area contributed by atoms with Gasteiger partial charge in [0.05, 0.1) is 12.4 Å². The zero-order valence-electron chi connectivity index (χ0n) is 9.50. The SMILES string of the molecule is CC(Cn1ccnc1)NC(C)c1nccs1. The van der Waals surface area contributed by atoms with Gasteiger partial charge < -0.3 is 9.88 Å². The Morgan fingerprint density at radius 3 is 2.94 bits per heavy atom. The van der Waals surface area contributed by atoms with E-state index < -0.39 is 0 Å². The molecule has 0 aromatic carbocycles. The summed E-state index contributed by atoms with van der Waals surface area (Å²) >= 11 is 1.69. The minimum atomic E-state index is 0.304. The number of thiazole rings is 1. The maximum Gasteiger partial charge on any atom is 0.109 e. The fraction of sp³-hybridized carbons (Fsp3) is 0.455. The molecule has 2 rings (SSSR count). The van der Waals surface area contributed by atoms with Crippen LogP contribution in [0.15, 0.2) is 30.3 Å². The molecular weight excluding hydrogens is 220 g/mol. The first kappa shape index (κ1) is 11.3. The van der Waals surface area contributed by atoms with E-state index in [0.717, 1.165) is 11.6 Å². The van der Waals surface area contributed by atoms with E-state index in [9.17, 15) is 0 Å². The molecule has 0 aliphatic rings. The van der Waals surface area contributed by atoms with E-state index in [-0.39, 0.29) is 0 Å². The van der Waals surface area contributed by atoms with Crippen molar-refractivity contribution in [1.82, 2.24) is 19.9 Å². The number of rotatable bonds is 5. The van der Waals surface area contributed by atoms with Gasteiger partial charge in [0, 0.05) is 36.6 Å². The lowest BCUT2D eigenvalue weighted by Gasteiger charge is -2.18. The van der Waals surface area contributed by atoms with Gasteiger partial charge in [0.1, 0.15) is 5.01 Å². The largest absolute Gasteiger partial charge is 0.336 e. The lowest BCUT2D eigenvalue weighted by molar-refractivity contribution is 0.429. The maximum absolute atomic E-state index is 4.30. The molecule has 1 N–H and O–H groups in total. The molecule has 0 aliphatic heterocycles. The van der Waals surface area contributed by atoms with Crippen molar-refractivity contribution in [1.29, 1.82) is 0 Å². The summed E-state index contributed by atoms with van der Waals surface area (Å²) in [5.74, 6) is 0. The number of imidazole rings is 1. The van der Waals surface area contributed by atoms with E-state index in [1.807, 2.05) is 24.1 Å². The summed E-state index contributed by atoms with van der Waals surface area (Å²) in [5, 5.41) is 6.66. The van der Waals surface area contributed by atoms with Crippen molar-refractivity contribution < 1.29 is 0 Å². The van der Waals surface area contributed by atoms with E-state index in [0.29, 0.717) is 12.1 Å². The third-order valence-corrected chi connectivity index (χ3v) is 3.36. The molecule has 86 valence electrons. The molecule has 2 atom stereocenters. The monoisotopic (exact) mass is 236 g/mol. The van der Waals surface area contributed by atoms with E-state index >= 15 is 0 Å². The predicted molar refractivity (Wildman–Crippen MR) is 65.4 cm³/mol. The fourth-order valence-corrected chi connectivity index (χ4v) is 2.37. The second-order valence-electron chi connectivity index (χ2n) is 3.92. The lowest BCUT2D eigenvalue weighted by Crippen LogP contribution is -2.32. The van der Waals surface area contributed by atoms with Gasteiger partial charge in [-0.05, 0) is 13.8 Å². The first-order chi connectivity index (χ1) is 7.75. The van der Waals surface area contributed by atoms with Crippen LogP contribution in [-0.2, 0) is 6.54 Å². The van der Waals surface area contributed by atoms with Crippen molar-refractivity contribution in [2.24, 2.45) is 0 Å². The Bertz CT molecular complexity index is 396. The number of aromatic nitrogens is 3. The smallest absolute Gasteiger partial charge is 0.109 e. The highest BCUT2D eigenvalue weighted by atomic mass is 32.1. The van der Waals surface area contributed by atoms with Crippen LogP contribution in [0.3, 0.4) is 0 Å². The van der Waals surface area contributed by atoms with Gasteiger partial charge in [0.15, 0.2) is 0 Å². The van der Waals surface area contributed by atoms with Crippen molar-refractivity contribution in [2.45, 2.75) is 32.5 Å². The van der Waals surface area contributed by atoms with Crippen LogP contribution in [0.2, 0.25) is 0 Å². The summed E-state index contributed by atoms with van der Waals surface area (Å²) in [6.07, 6.45) is 7.47. The van der Waals surface area contributed by atoms with Crippen LogP contribution in [0, 0.1) is 0 Å². The van der Waals surface area contributed by atoms with Crippen LogP contribution in [-0.4, -0.2) is 20.6 Å². The molecule has 5 heteroatoms. The van der Waals surface area contributed by atoms with Crippen LogP contribution < -0.4 is 5.32 Å². The third-order valence-electron chi connectivity index (χ3n) is 2.40. The van der Waals surface area contributed by atoms with Gasteiger partial charge in [0.2, 0.25) is 0 Å². The van der Waals surface area contributed by atoms with Crippen molar-refractivity contribution in [2.75, 3.05) is 0 Å². The summed E-state index contributed by atoms with van der Waals surface area (Å²) in [4.78, 5) is 8.33. The van der Waals surface area contributed by atoms with Gasteiger partial charge >= 0.3 is 0 Å². The Hall–Kier alpha value is -1.20. The topological polar surface area (TPSA) is 42.7 Å². The summed E-state index contributed by atoms with van der Waals surface area (Å²) in [7, 11) is 0. The molecule has 0 radical (unpaired) electrons. The van der Waals surface area contributed by atoms with E-state index in [2.05, 4.69) is 33.7 Å². The molecule has 0 amide bonds. The minimum Gasteiger partial charge on any atom is -0.336 e. The van der Waals surface area contributed by atoms with Crippen LogP contribution in [0.5, 0.6) is 0 Å². The molecule has 0 saturated heterocycles.